The van der Waals surface area contributed by atoms with Crippen LogP contribution in [-0.2, 0) is 16.0 Å². The Morgan fingerprint density at radius 2 is 1.95 bits per heavy atom. The van der Waals surface area contributed by atoms with Crippen LogP contribution in [0.2, 0.25) is 0 Å². The zero-order valence-corrected chi connectivity index (χ0v) is 11.3. The first-order chi connectivity index (χ1) is 9.61. The van der Waals surface area contributed by atoms with Gasteiger partial charge < -0.3 is 0 Å². The van der Waals surface area contributed by atoms with Crippen molar-refractivity contribution in [2.45, 2.75) is 32.2 Å². The lowest BCUT2D eigenvalue weighted by Crippen LogP contribution is -2.33. The van der Waals surface area contributed by atoms with Crippen molar-refractivity contribution in [3.8, 4) is 0 Å². The second kappa shape index (κ2) is 4.71. The number of ketones is 1. The number of benzene rings is 1. The monoisotopic (exact) mass is 269 g/mol. The van der Waals surface area contributed by atoms with Crippen molar-refractivity contribution in [2.75, 3.05) is 0 Å². The third-order valence-electron chi connectivity index (χ3n) is 3.99. The van der Waals surface area contributed by atoms with Crippen LogP contribution < -0.4 is 0 Å². The van der Waals surface area contributed by atoms with Crippen LogP contribution in [0.4, 0.5) is 0 Å². The van der Waals surface area contributed by atoms with Crippen molar-refractivity contribution in [3.63, 3.8) is 0 Å². The highest BCUT2D eigenvalue weighted by Crippen LogP contribution is 2.37. The van der Waals surface area contributed by atoms with E-state index in [1.807, 2.05) is 19.1 Å². The van der Waals surface area contributed by atoms with E-state index in [9.17, 15) is 14.4 Å². The van der Waals surface area contributed by atoms with Crippen molar-refractivity contribution in [1.29, 1.82) is 0 Å². The molecule has 1 atom stereocenters. The maximum Gasteiger partial charge on any atom is 0.254 e. The van der Waals surface area contributed by atoms with Crippen molar-refractivity contribution in [1.82, 2.24) is 4.90 Å². The van der Waals surface area contributed by atoms with Gasteiger partial charge in [0.1, 0.15) is 0 Å². The molecule has 1 aromatic rings. The van der Waals surface area contributed by atoms with Gasteiger partial charge in [0.25, 0.3) is 11.8 Å². The number of imide groups is 1. The number of Topliss-reactive ketones (excluding diaryl/α,β-unsaturated/α-hetero) is 1. The Labute approximate surface area is 117 Å². The molecule has 0 bridgehead atoms. The summed E-state index contributed by atoms with van der Waals surface area (Å²) in [4.78, 5) is 36.6. The Morgan fingerprint density at radius 3 is 2.60 bits per heavy atom. The van der Waals surface area contributed by atoms with Crippen LogP contribution >= 0.6 is 0 Å². The van der Waals surface area contributed by atoms with Gasteiger partial charge in [-0.25, -0.2) is 0 Å². The van der Waals surface area contributed by atoms with Gasteiger partial charge in [0, 0.05) is 24.1 Å². The number of fused-ring (bicyclic) bond motifs is 1. The van der Waals surface area contributed by atoms with E-state index < -0.39 is 0 Å². The average Bonchev–Trinajstić information content (AvgIpc) is 3.01. The summed E-state index contributed by atoms with van der Waals surface area (Å²) < 4.78 is 0. The third-order valence-corrected chi connectivity index (χ3v) is 3.99. The number of aryl methyl sites for hydroxylation is 1. The van der Waals surface area contributed by atoms with Crippen LogP contribution in [-0.4, -0.2) is 22.5 Å². The van der Waals surface area contributed by atoms with Gasteiger partial charge >= 0.3 is 0 Å². The zero-order valence-electron chi connectivity index (χ0n) is 11.3. The highest BCUT2D eigenvalue weighted by atomic mass is 16.2. The fourth-order valence-corrected chi connectivity index (χ4v) is 2.96. The molecule has 1 heterocycles. The molecule has 102 valence electrons. The van der Waals surface area contributed by atoms with Gasteiger partial charge in [-0.3, -0.25) is 19.3 Å². The highest BCUT2D eigenvalue weighted by molar-refractivity contribution is 6.13. The van der Waals surface area contributed by atoms with Crippen LogP contribution in [0.15, 0.2) is 30.4 Å². The van der Waals surface area contributed by atoms with E-state index in [-0.39, 0.29) is 23.6 Å². The smallest absolute Gasteiger partial charge is 0.254 e. The summed E-state index contributed by atoms with van der Waals surface area (Å²) in [6.45, 7) is 1.84. The van der Waals surface area contributed by atoms with Gasteiger partial charge in [-0.1, -0.05) is 19.1 Å². The minimum Gasteiger partial charge on any atom is -0.294 e. The molecule has 0 fully saturated rings. The van der Waals surface area contributed by atoms with E-state index in [0.717, 1.165) is 24.0 Å². The Balaban J connectivity index is 1.93. The van der Waals surface area contributed by atoms with Crippen LogP contribution in [0.5, 0.6) is 0 Å². The summed E-state index contributed by atoms with van der Waals surface area (Å²) in [6, 6.07) is 5.39. The minimum atomic E-state index is -0.249. The summed E-state index contributed by atoms with van der Waals surface area (Å²) in [6.07, 6.45) is 4.64. The molecule has 1 aromatic carbocycles. The Hall–Kier alpha value is -2.23. The molecule has 0 saturated carbocycles. The normalized spacial score (nSPS) is 20.6. The Kier molecular flexibility index (Phi) is 3.01. The second-order valence-electron chi connectivity index (χ2n) is 5.12. The summed E-state index contributed by atoms with van der Waals surface area (Å²) in [7, 11) is 0. The number of hydrogen-bond donors (Lipinski definition) is 0. The number of carbonyl (C=O) groups is 3. The van der Waals surface area contributed by atoms with Gasteiger partial charge in [0.15, 0.2) is 5.78 Å². The van der Waals surface area contributed by atoms with Gasteiger partial charge in [-0.05, 0) is 30.0 Å². The van der Waals surface area contributed by atoms with E-state index in [1.165, 1.54) is 17.1 Å². The molecular weight excluding hydrogens is 254 g/mol. The Bertz CT molecular complexity index is 627. The van der Waals surface area contributed by atoms with Crippen molar-refractivity contribution < 1.29 is 14.4 Å². The predicted molar refractivity (Wildman–Crippen MR) is 73.1 cm³/mol. The fourth-order valence-electron chi connectivity index (χ4n) is 2.96. The molecule has 20 heavy (non-hydrogen) atoms. The zero-order chi connectivity index (χ0) is 14.3. The summed E-state index contributed by atoms with van der Waals surface area (Å²) in [5.74, 6) is -0.380. The molecule has 0 radical (unpaired) electrons. The standard InChI is InChI=1S/C16H15NO3/c1-2-14(18)11-3-5-12-10(9-11)4-6-13(12)17-15(19)7-8-16(17)20/h3,5,7-9,13H,2,4,6H2,1H3/t13-/m0/s1. The maximum atomic E-state index is 11.8. The molecule has 0 N–H and O–H groups in total. The number of hydrogen-bond acceptors (Lipinski definition) is 3. The molecule has 4 heteroatoms. The van der Waals surface area contributed by atoms with E-state index in [1.54, 1.807) is 6.07 Å². The van der Waals surface area contributed by atoms with Crippen LogP contribution in [0, 0.1) is 0 Å². The van der Waals surface area contributed by atoms with Gasteiger partial charge in [-0.2, -0.15) is 0 Å². The van der Waals surface area contributed by atoms with Gasteiger partial charge in [0.05, 0.1) is 6.04 Å². The molecule has 1 aliphatic carbocycles. The molecule has 4 nitrogen and oxygen atoms in total. The summed E-state index contributed by atoms with van der Waals surface area (Å²) >= 11 is 0. The van der Waals surface area contributed by atoms with E-state index in [0.29, 0.717) is 12.0 Å². The lowest BCUT2D eigenvalue weighted by Gasteiger charge is -2.22. The quantitative estimate of drug-likeness (QED) is 0.624. The lowest BCUT2D eigenvalue weighted by atomic mass is 10.0. The van der Waals surface area contributed by atoms with Crippen LogP contribution in [0.3, 0.4) is 0 Å². The maximum absolute atomic E-state index is 11.8. The minimum absolute atomic E-state index is 0.117. The predicted octanol–water partition coefficient (Wildman–Crippen LogP) is 2.19. The van der Waals surface area contributed by atoms with Crippen molar-refractivity contribution >= 4 is 17.6 Å². The van der Waals surface area contributed by atoms with Crippen LogP contribution in [0.1, 0.15) is 47.3 Å². The second-order valence-corrected chi connectivity index (χ2v) is 5.12. The fraction of sp³-hybridized carbons (Fsp3) is 0.312. The van der Waals surface area contributed by atoms with E-state index >= 15 is 0 Å². The molecule has 2 aliphatic rings. The van der Waals surface area contributed by atoms with Crippen molar-refractivity contribution in [2.24, 2.45) is 0 Å². The lowest BCUT2D eigenvalue weighted by molar-refractivity contribution is -0.139. The average molecular weight is 269 g/mol. The molecule has 0 unspecified atom stereocenters. The molecule has 0 saturated heterocycles. The van der Waals surface area contributed by atoms with Crippen LogP contribution in [0.25, 0.3) is 0 Å². The Morgan fingerprint density at radius 1 is 1.25 bits per heavy atom. The molecule has 2 amide bonds. The summed E-state index contributed by atoms with van der Waals surface area (Å²) in [5.41, 5.74) is 2.77. The molecule has 0 spiro atoms. The molecule has 3 rings (SSSR count). The van der Waals surface area contributed by atoms with E-state index in [4.69, 9.17) is 0 Å². The number of carbonyl (C=O) groups excluding carboxylic acids is 3. The first kappa shape index (κ1) is 12.8. The van der Waals surface area contributed by atoms with Gasteiger partial charge in [0.2, 0.25) is 0 Å². The summed E-state index contributed by atoms with van der Waals surface area (Å²) in [5, 5.41) is 0. The first-order valence-electron chi connectivity index (χ1n) is 6.83. The number of rotatable bonds is 3. The molecular formula is C16H15NO3. The topological polar surface area (TPSA) is 54.5 Å². The number of amides is 2. The SMILES string of the molecule is CCC(=O)c1ccc2c(c1)CC[C@@H]2N1C(=O)C=CC1=O. The first-order valence-corrected chi connectivity index (χ1v) is 6.83. The molecule has 1 aliphatic heterocycles. The number of nitrogens with zero attached hydrogens (tertiary/aromatic N) is 1. The largest absolute Gasteiger partial charge is 0.294 e. The van der Waals surface area contributed by atoms with Gasteiger partial charge in [-0.15, -0.1) is 0 Å². The highest BCUT2D eigenvalue weighted by Gasteiger charge is 2.36. The van der Waals surface area contributed by atoms with E-state index in [2.05, 4.69) is 0 Å². The van der Waals surface area contributed by atoms with Crippen molar-refractivity contribution in [3.05, 3.63) is 47.0 Å². The molecule has 0 aromatic heterocycles. The third kappa shape index (κ3) is 1.88.